The summed E-state index contributed by atoms with van der Waals surface area (Å²) in [6.45, 7) is -0.920. The summed E-state index contributed by atoms with van der Waals surface area (Å²) in [7, 11) is 0. The fourth-order valence-corrected chi connectivity index (χ4v) is 3.01. The van der Waals surface area contributed by atoms with Gasteiger partial charge >= 0.3 is 5.97 Å². The third kappa shape index (κ3) is 6.44. The molecule has 0 radical (unpaired) electrons. The van der Waals surface area contributed by atoms with Crippen LogP contribution in [0.4, 0.5) is 5.69 Å². The van der Waals surface area contributed by atoms with Gasteiger partial charge in [0, 0.05) is 12.1 Å². The first-order chi connectivity index (χ1) is 15.2. The molecule has 156 valence electrons. The van der Waals surface area contributed by atoms with Gasteiger partial charge in [0.25, 0.3) is 5.91 Å². The van der Waals surface area contributed by atoms with E-state index in [2.05, 4.69) is 0 Å². The maximum absolute atomic E-state index is 12.4. The number of nitrogens with zero attached hydrogens (tertiary/aromatic N) is 2. The number of benzene rings is 3. The zero-order chi connectivity index (χ0) is 21.9. The number of nitriles is 1. The van der Waals surface area contributed by atoms with Crippen molar-refractivity contribution in [2.45, 2.75) is 6.42 Å². The fourth-order valence-electron chi connectivity index (χ4n) is 3.01. The molecule has 0 heterocycles. The van der Waals surface area contributed by atoms with E-state index in [0.717, 1.165) is 11.1 Å². The smallest absolute Gasteiger partial charge is 0.344 e. The maximum atomic E-state index is 12.4. The van der Waals surface area contributed by atoms with E-state index < -0.39 is 18.5 Å². The Hall–Kier alpha value is -4.11. The quantitative estimate of drug-likeness (QED) is 0.393. The lowest BCUT2D eigenvalue weighted by Gasteiger charge is -2.19. The molecule has 3 rings (SSSR count). The van der Waals surface area contributed by atoms with Crippen molar-refractivity contribution in [1.82, 2.24) is 0 Å². The average Bonchev–Trinajstić information content (AvgIpc) is 2.81. The molecule has 6 heteroatoms. The molecule has 3 aromatic carbocycles. The third-order valence-corrected chi connectivity index (χ3v) is 4.51. The summed E-state index contributed by atoms with van der Waals surface area (Å²) in [5.41, 5.74) is 2.64. The summed E-state index contributed by atoms with van der Waals surface area (Å²) < 4.78 is 10.7. The van der Waals surface area contributed by atoms with E-state index in [1.165, 1.54) is 4.90 Å². The normalized spacial score (nSPS) is 10.0. The molecule has 0 N–H and O–H groups in total. The lowest BCUT2D eigenvalue weighted by molar-refractivity contribution is -0.149. The maximum Gasteiger partial charge on any atom is 0.344 e. The van der Waals surface area contributed by atoms with Crippen molar-refractivity contribution in [2.24, 2.45) is 0 Å². The van der Waals surface area contributed by atoms with Gasteiger partial charge in [-0.3, -0.25) is 9.69 Å². The Morgan fingerprint density at radius 2 is 1.48 bits per heavy atom. The molecular weight excluding hydrogens is 392 g/mol. The van der Waals surface area contributed by atoms with Crippen molar-refractivity contribution in [2.75, 3.05) is 24.7 Å². The molecule has 0 aromatic heterocycles. The number of rotatable bonds is 9. The van der Waals surface area contributed by atoms with E-state index in [9.17, 15) is 9.59 Å². The molecule has 0 saturated heterocycles. The van der Waals surface area contributed by atoms with Crippen molar-refractivity contribution >= 4 is 17.6 Å². The van der Waals surface area contributed by atoms with Gasteiger partial charge in [0.2, 0.25) is 0 Å². The molecule has 0 atom stereocenters. The lowest BCUT2D eigenvalue weighted by Crippen LogP contribution is -2.35. The largest absolute Gasteiger partial charge is 0.482 e. The van der Waals surface area contributed by atoms with Crippen LogP contribution in [-0.2, 0) is 20.7 Å². The van der Waals surface area contributed by atoms with Gasteiger partial charge in [-0.15, -0.1) is 0 Å². The highest BCUT2D eigenvalue weighted by atomic mass is 16.6. The summed E-state index contributed by atoms with van der Waals surface area (Å²) in [5, 5.41) is 8.99. The summed E-state index contributed by atoms with van der Waals surface area (Å²) >= 11 is 0. The second-order valence-corrected chi connectivity index (χ2v) is 6.69. The van der Waals surface area contributed by atoms with E-state index in [4.69, 9.17) is 14.7 Å². The van der Waals surface area contributed by atoms with E-state index in [1.54, 1.807) is 30.3 Å². The van der Waals surface area contributed by atoms with E-state index in [0.29, 0.717) is 17.9 Å². The van der Waals surface area contributed by atoms with E-state index in [1.807, 2.05) is 60.7 Å². The summed E-state index contributed by atoms with van der Waals surface area (Å²) in [5.74, 6) is -0.552. The van der Waals surface area contributed by atoms with Crippen molar-refractivity contribution in [3.63, 3.8) is 0 Å². The van der Waals surface area contributed by atoms with Crippen LogP contribution < -0.4 is 9.64 Å². The highest BCUT2D eigenvalue weighted by Gasteiger charge is 2.17. The highest BCUT2D eigenvalue weighted by molar-refractivity contribution is 5.95. The van der Waals surface area contributed by atoms with Crippen LogP contribution in [0.15, 0.2) is 84.9 Å². The van der Waals surface area contributed by atoms with Crippen LogP contribution in [0.5, 0.6) is 5.75 Å². The SMILES string of the molecule is N#CCN(C(=O)COC(=O)COc1ccccc1Cc1ccccc1)c1ccccc1. The van der Waals surface area contributed by atoms with Gasteiger partial charge < -0.3 is 9.47 Å². The highest BCUT2D eigenvalue weighted by Crippen LogP contribution is 2.21. The second kappa shape index (κ2) is 11.2. The molecular formula is C25H22N2O4. The molecule has 1 amide bonds. The van der Waals surface area contributed by atoms with Gasteiger partial charge in [-0.1, -0.05) is 66.7 Å². The van der Waals surface area contributed by atoms with Gasteiger partial charge in [0.05, 0.1) is 6.07 Å². The molecule has 3 aromatic rings. The van der Waals surface area contributed by atoms with Crippen LogP contribution in [0.3, 0.4) is 0 Å². The molecule has 0 spiro atoms. The number of ether oxygens (including phenoxy) is 2. The minimum atomic E-state index is -0.659. The number of hydrogen-bond donors (Lipinski definition) is 0. The molecule has 0 unspecified atom stereocenters. The molecule has 0 aliphatic rings. The standard InChI is InChI=1S/C25H22N2O4/c26-15-16-27(22-12-5-2-6-13-22)24(28)18-31-25(29)19-30-23-14-8-7-11-21(23)17-20-9-3-1-4-10-20/h1-14H,16-19H2. The molecule has 31 heavy (non-hydrogen) atoms. The summed E-state index contributed by atoms with van der Waals surface area (Å²) in [4.78, 5) is 25.8. The fraction of sp³-hybridized carbons (Fsp3) is 0.160. The minimum Gasteiger partial charge on any atom is -0.482 e. The van der Waals surface area contributed by atoms with Gasteiger partial charge in [-0.2, -0.15) is 5.26 Å². The minimum absolute atomic E-state index is 0.135. The average molecular weight is 414 g/mol. The number of carbonyl (C=O) groups is 2. The van der Waals surface area contributed by atoms with E-state index >= 15 is 0 Å². The molecule has 0 fully saturated rings. The zero-order valence-corrected chi connectivity index (χ0v) is 16.9. The summed E-state index contributed by atoms with van der Waals surface area (Å²) in [6, 6.07) is 28.1. The van der Waals surface area contributed by atoms with Crippen LogP contribution in [0.25, 0.3) is 0 Å². The monoisotopic (exact) mass is 414 g/mol. The van der Waals surface area contributed by atoms with Crippen LogP contribution >= 0.6 is 0 Å². The Morgan fingerprint density at radius 1 is 0.839 bits per heavy atom. The van der Waals surface area contributed by atoms with Crippen LogP contribution in [-0.4, -0.2) is 31.6 Å². The van der Waals surface area contributed by atoms with Gasteiger partial charge in [-0.05, 0) is 29.3 Å². The molecule has 0 aliphatic heterocycles. The molecule has 6 nitrogen and oxygen atoms in total. The van der Waals surface area contributed by atoms with Crippen LogP contribution in [0.2, 0.25) is 0 Å². The van der Waals surface area contributed by atoms with E-state index in [-0.39, 0.29) is 13.2 Å². The Balaban J connectivity index is 1.54. The van der Waals surface area contributed by atoms with Gasteiger partial charge in [-0.25, -0.2) is 4.79 Å². The number of hydrogen-bond acceptors (Lipinski definition) is 5. The Bertz CT molecular complexity index is 1050. The molecule has 0 bridgehead atoms. The number of anilines is 1. The van der Waals surface area contributed by atoms with Crippen molar-refractivity contribution in [3.8, 4) is 11.8 Å². The van der Waals surface area contributed by atoms with Gasteiger partial charge in [0.15, 0.2) is 13.2 Å². The van der Waals surface area contributed by atoms with Crippen molar-refractivity contribution in [1.29, 1.82) is 5.26 Å². The van der Waals surface area contributed by atoms with Crippen LogP contribution in [0.1, 0.15) is 11.1 Å². The Labute approximate surface area is 181 Å². The Kier molecular flexibility index (Phi) is 7.78. The first-order valence-electron chi connectivity index (χ1n) is 9.80. The topological polar surface area (TPSA) is 79.6 Å². The van der Waals surface area contributed by atoms with Gasteiger partial charge in [0.1, 0.15) is 12.3 Å². The van der Waals surface area contributed by atoms with Crippen molar-refractivity contribution in [3.05, 3.63) is 96.1 Å². The second-order valence-electron chi connectivity index (χ2n) is 6.69. The zero-order valence-electron chi connectivity index (χ0n) is 16.9. The Morgan fingerprint density at radius 3 is 2.19 bits per heavy atom. The number of para-hydroxylation sites is 2. The van der Waals surface area contributed by atoms with Crippen LogP contribution in [0, 0.1) is 11.3 Å². The first-order valence-corrected chi connectivity index (χ1v) is 9.80. The molecule has 0 saturated carbocycles. The third-order valence-electron chi connectivity index (χ3n) is 4.51. The number of esters is 1. The number of amides is 1. The first kappa shape index (κ1) is 21.6. The predicted octanol–water partition coefficient (Wildman–Crippen LogP) is 3.76. The summed E-state index contributed by atoms with van der Waals surface area (Å²) in [6.07, 6.45) is 0.671. The lowest BCUT2D eigenvalue weighted by atomic mass is 10.0. The van der Waals surface area contributed by atoms with Crippen molar-refractivity contribution < 1.29 is 19.1 Å². The molecule has 0 aliphatic carbocycles. The number of carbonyl (C=O) groups excluding carboxylic acids is 2. The predicted molar refractivity (Wildman–Crippen MR) is 117 cm³/mol.